The smallest absolute Gasteiger partial charge is 0.0587 e. The summed E-state index contributed by atoms with van der Waals surface area (Å²) in [6.07, 6.45) is 5.08. The summed E-state index contributed by atoms with van der Waals surface area (Å²) in [6, 6.07) is 0. The van der Waals surface area contributed by atoms with Crippen molar-refractivity contribution in [1.82, 2.24) is 0 Å². The van der Waals surface area contributed by atoms with Crippen LogP contribution in [0.1, 0.15) is 39.5 Å². The quantitative estimate of drug-likeness (QED) is 0.616. The minimum Gasteiger partial charge on any atom is -0.378 e. The van der Waals surface area contributed by atoms with Gasteiger partial charge in [-0.2, -0.15) is 0 Å². The molecule has 0 aromatic carbocycles. The predicted molar refractivity (Wildman–Crippen MR) is 48.6 cm³/mol. The van der Waals surface area contributed by atoms with E-state index in [4.69, 9.17) is 10.5 Å². The fourth-order valence-corrected chi connectivity index (χ4v) is 1.16. The lowest BCUT2D eigenvalue weighted by Crippen LogP contribution is -2.17. The molecular formula is C9H21NO. The first-order chi connectivity index (χ1) is 5.35. The zero-order valence-corrected chi connectivity index (χ0v) is 7.81. The monoisotopic (exact) mass is 159 g/mol. The fourth-order valence-electron chi connectivity index (χ4n) is 1.16. The molecular weight excluding hydrogens is 138 g/mol. The first-order valence-corrected chi connectivity index (χ1v) is 4.66. The second-order valence-electron chi connectivity index (χ2n) is 2.80. The molecule has 0 saturated heterocycles. The van der Waals surface area contributed by atoms with Gasteiger partial charge in [0, 0.05) is 6.61 Å². The van der Waals surface area contributed by atoms with Gasteiger partial charge in [-0.15, -0.1) is 0 Å². The van der Waals surface area contributed by atoms with E-state index < -0.39 is 0 Å². The molecule has 0 aromatic rings. The number of hydrogen-bond donors (Lipinski definition) is 1. The van der Waals surface area contributed by atoms with Gasteiger partial charge in [-0.3, -0.25) is 0 Å². The molecule has 0 heterocycles. The highest BCUT2D eigenvalue weighted by Crippen LogP contribution is 2.07. The van der Waals surface area contributed by atoms with Crippen molar-refractivity contribution >= 4 is 0 Å². The highest BCUT2D eigenvalue weighted by Gasteiger charge is 2.05. The van der Waals surface area contributed by atoms with Crippen LogP contribution in [0.5, 0.6) is 0 Å². The van der Waals surface area contributed by atoms with Crippen molar-refractivity contribution in [1.29, 1.82) is 0 Å². The molecule has 0 aliphatic carbocycles. The van der Waals surface area contributed by atoms with E-state index >= 15 is 0 Å². The van der Waals surface area contributed by atoms with Crippen LogP contribution in [0.15, 0.2) is 0 Å². The third-order valence-corrected chi connectivity index (χ3v) is 1.77. The third-order valence-electron chi connectivity index (χ3n) is 1.77. The highest BCUT2D eigenvalue weighted by atomic mass is 16.5. The molecule has 1 atom stereocenters. The van der Waals surface area contributed by atoms with E-state index in [-0.39, 0.29) is 0 Å². The molecule has 2 N–H and O–H groups in total. The lowest BCUT2D eigenvalue weighted by molar-refractivity contribution is 0.0510. The Balaban J connectivity index is 3.34. The maximum Gasteiger partial charge on any atom is 0.0587 e. The second kappa shape index (κ2) is 8.02. The van der Waals surface area contributed by atoms with Crippen LogP contribution in [0, 0.1) is 0 Å². The lowest BCUT2D eigenvalue weighted by Gasteiger charge is -2.14. The first-order valence-electron chi connectivity index (χ1n) is 4.66. The molecule has 0 aliphatic rings. The van der Waals surface area contributed by atoms with Gasteiger partial charge in [-0.1, -0.05) is 19.8 Å². The zero-order chi connectivity index (χ0) is 8.53. The standard InChI is InChI=1S/C9H21NO/c1-3-5-6-9(7-8-10)11-4-2/h9H,3-8,10H2,1-2H3. The number of unbranched alkanes of at least 4 members (excludes halogenated alkanes) is 1. The topological polar surface area (TPSA) is 35.2 Å². The van der Waals surface area contributed by atoms with Crippen molar-refractivity contribution < 1.29 is 4.74 Å². The SMILES string of the molecule is CCCCC(CCN)OCC. The summed E-state index contributed by atoms with van der Waals surface area (Å²) in [5.74, 6) is 0. The van der Waals surface area contributed by atoms with E-state index in [0.717, 1.165) is 19.6 Å². The van der Waals surface area contributed by atoms with E-state index in [1.165, 1.54) is 19.3 Å². The average Bonchev–Trinajstić information content (AvgIpc) is 2.01. The van der Waals surface area contributed by atoms with Gasteiger partial charge in [-0.05, 0) is 26.3 Å². The molecule has 1 unspecified atom stereocenters. The van der Waals surface area contributed by atoms with E-state index in [9.17, 15) is 0 Å². The third kappa shape index (κ3) is 6.32. The average molecular weight is 159 g/mol. The molecule has 68 valence electrons. The molecule has 0 rings (SSSR count). The molecule has 0 fully saturated rings. The fraction of sp³-hybridized carbons (Fsp3) is 1.00. The van der Waals surface area contributed by atoms with Crippen molar-refractivity contribution in [3.8, 4) is 0 Å². The zero-order valence-electron chi connectivity index (χ0n) is 7.81. The van der Waals surface area contributed by atoms with Crippen molar-refractivity contribution in [3.63, 3.8) is 0 Å². The second-order valence-corrected chi connectivity index (χ2v) is 2.80. The van der Waals surface area contributed by atoms with Crippen LogP contribution in [0.3, 0.4) is 0 Å². The molecule has 0 amide bonds. The van der Waals surface area contributed by atoms with Gasteiger partial charge in [0.15, 0.2) is 0 Å². The van der Waals surface area contributed by atoms with Gasteiger partial charge in [0.2, 0.25) is 0 Å². The van der Waals surface area contributed by atoms with Crippen LogP contribution in [0.2, 0.25) is 0 Å². The Morgan fingerprint density at radius 1 is 1.27 bits per heavy atom. The van der Waals surface area contributed by atoms with Crippen molar-refractivity contribution in [2.75, 3.05) is 13.2 Å². The number of hydrogen-bond acceptors (Lipinski definition) is 2. The van der Waals surface area contributed by atoms with Crippen LogP contribution in [0.4, 0.5) is 0 Å². The van der Waals surface area contributed by atoms with E-state index in [2.05, 4.69) is 6.92 Å². The Kier molecular flexibility index (Phi) is 7.96. The van der Waals surface area contributed by atoms with Crippen LogP contribution in [0.25, 0.3) is 0 Å². The maximum atomic E-state index is 5.50. The van der Waals surface area contributed by atoms with E-state index in [1.54, 1.807) is 0 Å². The molecule has 0 saturated carbocycles. The summed E-state index contributed by atoms with van der Waals surface area (Å²) in [7, 11) is 0. The molecule has 11 heavy (non-hydrogen) atoms. The minimum atomic E-state index is 0.407. The lowest BCUT2D eigenvalue weighted by atomic mass is 10.1. The van der Waals surface area contributed by atoms with Gasteiger partial charge >= 0.3 is 0 Å². The Hall–Kier alpha value is -0.0800. The minimum absolute atomic E-state index is 0.407. The molecule has 0 aliphatic heterocycles. The number of ether oxygens (including phenoxy) is 1. The van der Waals surface area contributed by atoms with Crippen molar-refractivity contribution in [3.05, 3.63) is 0 Å². The summed E-state index contributed by atoms with van der Waals surface area (Å²) in [4.78, 5) is 0. The Morgan fingerprint density at radius 2 is 2.00 bits per heavy atom. The largest absolute Gasteiger partial charge is 0.378 e. The molecule has 2 heteroatoms. The summed E-state index contributed by atoms with van der Waals surface area (Å²) >= 11 is 0. The molecule has 0 aromatic heterocycles. The van der Waals surface area contributed by atoms with Gasteiger partial charge in [0.25, 0.3) is 0 Å². The maximum absolute atomic E-state index is 5.50. The predicted octanol–water partition coefficient (Wildman–Crippen LogP) is 1.93. The van der Waals surface area contributed by atoms with Crippen molar-refractivity contribution in [2.45, 2.75) is 45.6 Å². The van der Waals surface area contributed by atoms with Crippen LogP contribution in [-0.4, -0.2) is 19.3 Å². The number of nitrogens with two attached hydrogens (primary N) is 1. The molecule has 2 nitrogen and oxygen atoms in total. The Labute approximate surface area is 70.1 Å². The van der Waals surface area contributed by atoms with E-state index in [1.807, 2.05) is 6.92 Å². The molecule has 0 spiro atoms. The van der Waals surface area contributed by atoms with E-state index in [0.29, 0.717) is 6.10 Å². The summed E-state index contributed by atoms with van der Waals surface area (Å²) < 4.78 is 5.50. The van der Waals surface area contributed by atoms with Gasteiger partial charge in [0.05, 0.1) is 6.10 Å². The van der Waals surface area contributed by atoms with Crippen molar-refractivity contribution in [2.24, 2.45) is 5.73 Å². The first kappa shape index (κ1) is 10.9. The number of rotatable bonds is 7. The van der Waals surface area contributed by atoms with Crippen LogP contribution >= 0.6 is 0 Å². The summed E-state index contributed by atoms with van der Waals surface area (Å²) in [5.41, 5.74) is 5.45. The van der Waals surface area contributed by atoms with Gasteiger partial charge in [0.1, 0.15) is 0 Å². The Morgan fingerprint density at radius 3 is 2.45 bits per heavy atom. The molecule has 0 bridgehead atoms. The summed E-state index contributed by atoms with van der Waals surface area (Å²) in [6.45, 7) is 5.80. The normalized spacial score (nSPS) is 13.4. The van der Waals surface area contributed by atoms with Gasteiger partial charge < -0.3 is 10.5 Å². The van der Waals surface area contributed by atoms with Crippen LogP contribution in [-0.2, 0) is 4.74 Å². The molecule has 0 radical (unpaired) electrons. The Bertz CT molecular complexity index is 70.0. The van der Waals surface area contributed by atoms with Crippen LogP contribution < -0.4 is 5.73 Å². The highest BCUT2D eigenvalue weighted by molar-refractivity contribution is 4.58. The van der Waals surface area contributed by atoms with Gasteiger partial charge in [-0.25, -0.2) is 0 Å². The summed E-state index contributed by atoms with van der Waals surface area (Å²) in [5, 5.41) is 0.